The monoisotopic (exact) mass is 259 g/mol. The molecule has 1 aliphatic heterocycles. The summed E-state index contributed by atoms with van der Waals surface area (Å²) in [4.78, 5) is 4.09. The highest BCUT2D eigenvalue weighted by Crippen LogP contribution is 2.34. The van der Waals surface area contributed by atoms with Crippen molar-refractivity contribution in [1.82, 2.24) is 10.3 Å². The summed E-state index contributed by atoms with van der Waals surface area (Å²) in [5.41, 5.74) is 2.77. The zero-order valence-electron chi connectivity index (χ0n) is 9.99. The minimum Gasteiger partial charge on any atom is -0.310 e. The van der Waals surface area contributed by atoms with E-state index < -0.39 is 0 Å². The highest BCUT2D eigenvalue weighted by molar-refractivity contribution is 6.30. The molecule has 0 bridgehead atoms. The van der Waals surface area contributed by atoms with Gasteiger partial charge in [-0.3, -0.25) is 0 Å². The molecule has 1 aliphatic carbocycles. The van der Waals surface area contributed by atoms with Crippen molar-refractivity contribution in [3.05, 3.63) is 34.6 Å². The lowest BCUT2D eigenvalue weighted by Gasteiger charge is -2.24. The molecule has 3 rings (SSSR count). The van der Waals surface area contributed by atoms with Crippen LogP contribution in [-0.4, -0.2) is 17.6 Å². The van der Waals surface area contributed by atoms with Gasteiger partial charge in [0.1, 0.15) is 11.2 Å². The van der Waals surface area contributed by atoms with E-state index in [-0.39, 0.29) is 5.15 Å². The summed E-state index contributed by atoms with van der Waals surface area (Å²) in [5, 5.41) is 12.8. The highest BCUT2D eigenvalue weighted by Gasteiger charge is 2.29. The van der Waals surface area contributed by atoms with Crippen LogP contribution < -0.4 is 5.32 Å². The molecule has 4 heteroatoms. The molecule has 0 saturated carbocycles. The third kappa shape index (κ3) is 2.03. The molecule has 3 nitrogen and oxygen atoms in total. The number of halogens is 1. The van der Waals surface area contributed by atoms with Crippen molar-refractivity contribution in [3.8, 4) is 6.07 Å². The summed E-state index contributed by atoms with van der Waals surface area (Å²) in [6.45, 7) is 1.11. The highest BCUT2D eigenvalue weighted by atomic mass is 35.5. The number of pyridine rings is 1. The molecule has 1 aromatic heterocycles. The van der Waals surface area contributed by atoms with Gasteiger partial charge in [-0.1, -0.05) is 17.7 Å². The van der Waals surface area contributed by atoms with Crippen molar-refractivity contribution >= 4 is 17.2 Å². The van der Waals surface area contributed by atoms with Gasteiger partial charge in [0.2, 0.25) is 0 Å². The number of hydrogen-bond acceptors (Lipinski definition) is 3. The second-order valence-corrected chi connectivity index (χ2v) is 5.29. The fourth-order valence-electron chi connectivity index (χ4n) is 2.88. The lowest BCUT2D eigenvalue weighted by atomic mass is 9.84. The maximum atomic E-state index is 8.99. The van der Waals surface area contributed by atoms with E-state index in [1.165, 1.54) is 18.4 Å². The van der Waals surface area contributed by atoms with Crippen molar-refractivity contribution in [2.75, 3.05) is 6.54 Å². The van der Waals surface area contributed by atoms with Crippen molar-refractivity contribution in [1.29, 1.82) is 5.26 Å². The maximum Gasteiger partial charge on any atom is 0.146 e. The van der Waals surface area contributed by atoms with Gasteiger partial charge in [-0.15, -0.1) is 0 Å². The molecule has 2 atom stereocenters. The fraction of sp³-hybridized carbons (Fsp3) is 0.429. The molecule has 2 aliphatic rings. The van der Waals surface area contributed by atoms with Crippen LogP contribution in [-0.2, 0) is 0 Å². The molecule has 0 radical (unpaired) electrons. The molecular formula is C14H14ClN3. The Labute approximate surface area is 111 Å². The topological polar surface area (TPSA) is 48.7 Å². The van der Waals surface area contributed by atoms with Crippen molar-refractivity contribution in [3.63, 3.8) is 0 Å². The van der Waals surface area contributed by atoms with Crippen LogP contribution in [0.5, 0.6) is 0 Å². The average Bonchev–Trinajstić information content (AvgIpc) is 2.86. The van der Waals surface area contributed by atoms with Gasteiger partial charge in [0.25, 0.3) is 0 Å². The summed E-state index contributed by atoms with van der Waals surface area (Å²) >= 11 is 5.86. The quantitative estimate of drug-likeness (QED) is 0.789. The van der Waals surface area contributed by atoms with E-state index in [2.05, 4.69) is 22.4 Å². The second kappa shape index (κ2) is 4.72. The molecule has 1 N–H and O–H groups in total. The molecule has 0 unspecified atom stereocenters. The maximum absolute atomic E-state index is 8.99. The minimum absolute atomic E-state index is 0.287. The second-order valence-electron chi connectivity index (χ2n) is 4.93. The van der Waals surface area contributed by atoms with Crippen LogP contribution in [0.25, 0.3) is 5.57 Å². The number of hydrogen-bond donors (Lipinski definition) is 1. The van der Waals surface area contributed by atoms with Crippen LogP contribution in [0.3, 0.4) is 0 Å². The van der Waals surface area contributed by atoms with E-state index in [9.17, 15) is 0 Å². The summed E-state index contributed by atoms with van der Waals surface area (Å²) in [5.74, 6) is 0.782. The van der Waals surface area contributed by atoms with E-state index in [0.29, 0.717) is 11.6 Å². The SMILES string of the molecule is N#Cc1cc(C2=C[C@@H]3NCC[C@@H]3CC2)cnc1Cl. The zero-order valence-corrected chi connectivity index (χ0v) is 10.7. The van der Waals surface area contributed by atoms with Gasteiger partial charge in [-0.2, -0.15) is 5.26 Å². The first-order chi connectivity index (χ1) is 8.78. The molecule has 92 valence electrons. The Morgan fingerprint density at radius 1 is 1.44 bits per heavy atom. The lowest BCUT2D eigenvalue weighted by Crippen LogP contribution is -2.27. The molecule has 0 aromatic carbocycles. The minimum atomic E-state index is 0.287. The molecule has 18 heavy (non-hydrogen) atoms. The molecule has 1 aromatic rings. The Morgan fingerprint density at radius 2 is 2.33 bits per heavy atom. The van der Waals surface area contributed by atoms with Gasteiger partial charge >= 0.3 is 0 Å². The molecule has 1 saturated heterocycles. The summed E-state index contributed by atoms with van der Waals surface area (Å²) in [6.07, 6.45) is 7.62. The third-order valence-corrected chi connectivity index (χ3v) is 4.20. The van der Waals surface area contributed by atoms with Gasteiger partial charge < -0.3 is 5.32 Å². The first-order valence-electron chi connectivity index (χ1n) is 6.28. The Balaban J connectivity index is 1.93. The number of allylic oxidation sites excluding steroid dienone is 1. The average molecular weight is 260 g/mol. The summed E-state index contributed by atoms with van der Waals surface area (Å²) < 4.78 is 0. The van der Waals surface area contributed by atoms with Crippen LogP contribution >= 0.6 is 11.6 Å². The van der Waals surface area contributed by atoms with Gasteiger partial charge in [0.05, 0.1) is 5.56 Å². The normalized spacial score (nSPS) is 26.3. The van der Waals surface area contributed by atoms with Gasteiger partial charge in [0.15, 0.2) is 0 Å². The summed E-state index contributed by atoms with van der Waals surface area (Å²) in [6, 6.07) is 4.42. The van der Waals surface area contributed by atoms with Crippen molar-refractivity contribution in [2.45, 2.75) is 25.3 Å². The van der Waals surface area contributed by atoms with Gasteiger partial charge in [-0.05, 0) is 48.9 Å². The van der Waals surface area contributed by atoms with Crippen molar-refractivity contribution < 1.29 is 0 Å². The Hall–Kier alpha value is -1.37. The Bertz CT molecular complexity index is 544. The predicted molar refractivity (Wildman–Crippen MR) is 71.1 cm³/mol. The fourth-order valence-corrected chi connectivity index (χ4v) is 3.03. The molecule has 2 heterocycles. The number of rotatable bonds is 1. The number of aromatic nitrogens is 1. The Morgan fingerprint density at radius 3 is 3.17 bits per heavy atom. The van der Waals surface area contributed by atoms with E-state index in [1.54, 1.807) is 6.20 Å². The number of nitrogens with zero attached hydrogens (tertiary/aromatic N) is 2. The molecule has 0 amide bonds. The van der Waals surface area contributed by atoms with E-state index in [4.69, 9.17) is 16.9 Å². The molecule has 0 spiro atoms. The van der Waals surface area contributed by atoms with Crippen LogP contribution in [0.2, 0.25) is 5.15 Å². The van der Waals surface area contributed by atoms with Crippen LogP contribution in [0, 0.1) is 17.2 Å². The largest absolute Gasteiger partial charge is 0.310 e. The smallest absolute Gasteiger partial charge is 0.146 e. The standard InChI is InChI=1S/C14H14ClN3/c15-14-11(7-16)5-12(8-18-14)10-2-1-9-3-4-17-13(9)6-10/h5-6,8-9,13,17H,1-4H2/t9-,13-/m0/s1. The van der Waals surface area contributed by atoms with Gasteiger partial charge in [-0.25, -0.2) is 4.98 Å². The van der Waals surface area contributed by atoms with E-state index >= 15 is 0 Å². The van der Waals surface area contributed by atoms with Crippen LogP contribution in [0.15, 0.2) is 18.3 Å². The third-order valence-electron chi connectivity index (χ3n) is 3.90. The zero-order chi connectivity index (χ0) is 12.5. The van der Waals surface area contributed by atoms with Gasteiger partial charge in [0, 0.05) is 12.2 Å². The molecular weight excluding hydrogens is 246 g/mol. The summed E-state index contributed by atoms with van der Waals surface area (Å²) in [7, 11) is 0. The lowest BCUT2D eigenvalue weighted by molar-refractivity contribution is 0.465. The first-order valence-corrected chi connectivity index (χ1v) is 6.66. The number of fused-ring (bicyclic) bond motifs is 1. The van der Waals surface area contributed by atoms with E-state index in [0.717, 1.165) is 24.4 Å². The predicted octanol–water partition coefficient (Wildman–Crippen LogP) is 2.76. The number of nitriles is 1. The Kier molecular flexibility index (Phi) is 3.07. The molecule has 1 fully saturated rings. The van der Waals surface area contributed by atoms with E-state index in [1.807, 2.05) is 6.07 Å². The first kappa shape index (κ1) is 11.7. The van der Waals surface area contributed by atoms with Crippen LogP contribution in [0.4, 0.5) is 0 Å². The number of nitrogens with one attached hydrogen (secondary N) is 1. The van der Waals surface area contributed by atoms with Crippen molar-refractivity contribution in [2.24, 2.45) is 5.92 Å². The van der Waals surface area contributed by atoms with Crippen LogP contribution in [0.1, 0.15) is 30.4 Å².